The third kappa shape index (κ3) is 2.75. The van der Waals surface area contributed by atoms with Crippen LogP contribution in [0, 0.1) is 0 Å². The molecule has 1 aliphatic rings. The van der Waals surface area contributed by atoms with Crippen molar-refractivity contribution in [2.45, 2.75) is 31.3 Å². The second kappa shape index (κ2) is 4.71. The van der Waals surface area contributed by atoms with Crippen molar-refractivity contribution in [2.75, 3.05) is 6.61 Å². The molecule has 0 aromatic rings. The first-order valence-electron chi connectivity index (χ1n) is 4.49. The summed E-state index contributed by atoms with van der Waals surface area (Å²) in [5.41, 5.74) is 0.176. The Hall–Kier alpha value is -0.950. The van der Waals surface area contributed by atoms with Gasteiger partial charge in [0.15, 0.2) is 0 Å². The quantitative estimate of drug-likeness (QED) is 0.313. The van der Waals surface area contributed by atoms with Crippen molar-refractivity contribution in [1.82, 2.24) is 0 Å². The van der Waals surface area contributed by atoms with Gasteiger partial charge in [0.2, 0.25) is 0 Å². The van der Waals surface area contributed by atoms with Gasteiger partial charge >= 0.3 is 5.97 Å². The van der Waals surface area contributed by atoms with Gasteiger partial charge in [-0.05, 0) is 11.6 Å². The molecule has 0 unspecified atom stereocenters. The Morgan fingerprint density at radius 3 is 2.47 bits per heavy atom. The van der Waals surface area contributed by atoms with Gasteiger partial charge in [-0.1, -0.05) is 0 Å². The van der Waals surface area contributed by atoms with E-state index in [9.17, 15) is 25.2 Å². The second-order valence-electron chi connectivity index (χ2n) is 3.44. The van der Waals surface area contributed by atoms with Gasteiger partial charge < -0.3 is 25.2 Å². The molecule has 6 nitrogen and oxygen atoms in total. The molecule has 0 heterocycles. The van der Waals surface area contributed by atoms with E-state index in [-0.39, 0.29) is 12.2 Å². The number of aliphatic hydroxyl groups excluding tert-OH is 4. The summed E-state index contributed by atoms with van der Waals surface area (Å²) in [6.07, 6.45) is -4.33. The van der Waals surface area contributed by atoms with Crippen molar-refractivity contribution < 1.29 is 30.0 Å². The van der Waals surface area contributed by atoms with Crippen LogP contribution in [0.5, 0.6) is 0 Å². The summed E-state index contributed by atoms with van der Waals surface area (Å²) >= 11 is 0. The van der Waals surface area contributed by atoms with Crippen LogP contribution in [0.2, 0.25) is 0 Å². The molecule has 4 atom stereocenters. The van der Waals surface area contributed by atoms with Crippen molar-refractivity contribution in [2.24, 2.45) is 0 Å². The van der Waals surface area contributed by atoms with Crippen molar-refractivity contribution in [3.05, 3.63) is 11.6 Å². The lowest BCUT2D eigenvalue weighted by Crippen LogP contribution is -2.49. The highest BCUT2D eigenvalue weighted by molar-refractivity contribution is 5.66. The van der Waals surface area contributed by atoms with Gasteiger partial charge in [0.05, 0.1) is 0 Å². The molecule has 0 radical (unpaired) electrons. The Morgan fingerprint density at radius 2 is 1.93 bits per heavy atom. The number of carbonyl (C=O) groups excluding carboxylic acids is 1. The van der Waals surface area contributed by atoms with Gasteiger partial charge in [-0.2, -0.15) is 0 Å². The fourth-order valence-corrected chi connectivity index (χ4v) is 1.34. The number of aliphatic hydroxyl groups is 4. The van der Waals surface area contributed by atoms with E-state index < -0.39 is 30.4 Å². The van der Waals surface area contributed by atoms with Gasteiger partial charge in [-0.3, -0.25) is 4.79 Å². The van der Waals surface area contributed by atoms with Crippen LogP contribution >= 0.6 is 0 Å². The minimum atomic E-state index is -1.48. The molecule has 0 aromatic heterocycles. The Balaban J connectivity index is 2.70. The van der Waals surface area contributed by atoms with Crippen molar-refractivity contribution in [3.8, 4) is 0 Å². The minimum Gasteiger partial charge on any atom is -0.461 e. The zero-order valence-electron chi connectivity index (χ0n) is 8.20. The van der Waals surface area contributed by atoms with E-state index in [1.165, 1.54) is 13.0 Å². The molecule has 0 fully saturated rings. The summed E-state index contributed by atoms with van der Waals surface area (Å²) < 4.78 is 4.61. The van der Waals surface area contributed by atoms with Crippen LogP contribution in [0.3, 0.4) is 0 Å². The lowest BCUT2D eigenvalue weighted by atomic mass is 9.90. The lowest BCUT2D eigenvalue weighted by molar-refractivity contribution is -0.141. The summed E-state index contributed by atoms with van der Waals surface area (Å²) in [5.74, 6) is -0.529. The molecule has 1 rings (SSSR count). The molecule has 15 heavy (non-hydrogen) atoms. The maximum atomic E-state index is 10.5. The number of carbonyl (C=O) groups is 1. The van der Waals surface area contributed by atoms with Crippen LogP contribution in [-0.4, -0.2) is 57.4 Å². The van der Waals surface area contributed by atoms with Gasteiger partial charge in [0, 0.05) is 6.92 Å². The Labute approximate surface area is 86.4 Å². The Bertz CT molecular complexity index is 274. The SMILES string of the molecule is CC(=O)OCC1=C[C@H](O)[C@H](O)[C@@H](O)[C@H]1O. The largest absolute Gasteiger partial charge is 0.461 e. The van der Waals surface area contributed by atoms with Crippen LogP contribution in [0.1, 0.15) is 6.92 Å². The maximum Gasteiger partial charge on any atom is 0.302 e. The monoisotopic (exact) mass is 218 g/mol. The fraction of sp³-hybridized carbons (Fsp3) is 0.667. The van der Waals surface area contributed by atoms with Gasteiger partial charge in [-0.15, -0.1) is 0 Å². The normalized spacial score (nSPS) is 35.9. The average molecular weight is 218 g/mol. The van der Waals surface area contributed by atoms with E-state index in [0.717, 1.165) is 0 Å². The topological polar surface area (TPSA) is 107 Å². The van der Waals surface area contributed by atoms with E-state index in [1.54, 1.807) is 0 Å². The molecule has 0 amide bonds. The zero-order valence-corrected chi connectivity index (χ0v) is 8.20. The van der Waals surface area contributed by atoms with Crippen LogP contribution < -0.4 is 0 Å². The molecule has 0 aromatic carbocycles. The summed E-state index contributed by atoms with van der Waals surface area (Å²) in [4.78, 5) is 10.5. The molecule has 0 bridgehead atoms. The highest BCUT2D eigenvalue weighted by Gasteiger charge is 2.36. The third-order valence-electron chi connectivity index (χ3n) is 2.23. The summed E-state index contributed by atoms with van der Waals surface area (Å²) in [6.45, 7) is 0.995. The Morgan fingerprint density at radius 1 is 1.33 bits per heavy atom. The second-order valence-corrected chi connectivity index (χ2v) is 3.44. The molecular formula is C9H14O6. The zero-order chi connectivity index (χ0) is 11.6. The highest BCUT2D eigenvalue weighted by atomic mass is 16.5. The third-order valence-corrected chi connectivity index (χ3v) is 2.23. The predicted molar refractivity (Wildman–Crippen MR) is 48.7 cm³/mol. The van der Waals surface area contributed by atoms with E-state index in [0.29, 0.717) is 0 Å². The van der Waals surface area contributed by atoms with Crippen molar-refractivity contribution in [3.63, 3.8) is 0 Å². The number of esters is 1. The molecule has 4 N–H and O–H groups in total. The summed E-state index contributed by atoms with van der Waals surface area (Å²) in [7, 11) is 0. The predicted octanol–water partition coefficient (Wildman–Crippen LogP) is -2.07. The number of hydrogen-bond donors (Lipinski definition) is 4. The van der Waals surface area contributed by atoms with Crippen molar-refractivity contribution >= 4 is 5.97 Å². The number of rotatable bonds is 2. The fourth-order valence-electron chi connectivity index (χ4n) is 1.34. The molecule has 86 valence electrons. The summed E-state index contributed by atoms with van der Waals surface area (Å²) in [6, 6.07) is 0. The molecule has 0 saturated carbocycles. The first-order chi connectivity index (χ1) is 6.93. The van der Waals surface area contributed by atoms with Crippen LogP contribution in [0.25, 0.3) is 0 Å². The average Bonchev–Trinajstić information content (AvgIpc) is 2.18. The maximum absolute atomic E-state index is 10.5. The van der Waals surface area contributed by atoms with Crippen LogP contribution in [-0.2, 0) is 9.53 Å². The smallest absolute Gasteiger partial charge is 0.302 e. The minimum absolute atomic E-state index is 0.176. The van der Waals surface area contributed by atoms with Crippen LogP contribution in [0.15, 0.2) is 11.6 Å². The first kappa shape index (κ1) is 12.1. The molecule has 0 spiro atoms. The van der Waals surface area contributed by atoms with Gasteiger partial charge in [0.1, 0.15) is 31.0 Å². The van der Waals surface area contributed by atoms with E-state index in [1.807, 2.05) is 0 Å². The highest BCUT2D eigenvalue weighted by Crippen LogP contribution is 2.20. The first-order valence-corrected chi connectivity index (χ1v) is 4.49. The summed E-state index contributed by atoms with van der Waals surface area (Å²) in [5, 5.41) is 37.2. The van der Waals surface area contributed by atoms with Crippen molar-refractivity contribution in [1.29, 1.82) is 0 Å². The van der Waals surface area contributed by atoms with E-state index >= 15 is 0 Å². The molecule has 6 heteroatoms. The lowest BCUT2D eigenvalue weighted by Gasteiger charge is -2.31. The van der Waals surface area contributed by atoms with E-state index in [4.69, 9.17) is 0 Å². The molecular weight excluding hydrogens is 204 g/mol. The van der Waals surface area contributed by atoms with E-state index in [2.05, 4.69) is 4.74 Å². The van der Waals surface area contributed by atoms with Gasteiger partial charge in [0.25, 0.3) is 0 Å². The number of ether oxygens (including phenoxy) is 1. The van der Waals surface area contributed by atoms with Gasteiger partial charge in [-0.25, -0.2) is 0 Å². The van der Waals surface area contributed by atoms with Crippen LogP contribution in [0.4, 0.5) is 0 Å². The molecule has 0 saturated heterocycles. The standard InChI is InChI=1S/C9H14O6/c1-4(10)15-3-5-2-6(11)8(13)9(14)7(5)12/h2,6-9,11-14H,3H2,1H3/t6-,7-,8-,9-/m0/s1. The number of hydrogen-bond acceptors (Lipinski definition) is 6. The molecule has 0 aliphatic heterocycles. The Kier molecular flexibility index (Phi) is 3.81. The molecule has 1 aliphatic carbocycles.